The number of aliphatic hydroxyl groups excluding tert-OH is 1. The van der Waals surface area contributed by atoms with Gasteiger partial charge in [0.2, 0.25) is 10.0 Å². The number of aliphatic hydroxyl groups is 1. The summed E-state index contributed by atoms with van der Waals surface area (Å²) in [6, 6.07) is 14.4. The molecule has 0 radical (unpaired) electrons. The van der Waals surface area contributed by atoms with Gasteiger partial charge in [-0.2, -0.15) is 0 Å². The number of hydrogen-bond donors (Lipinski definition) is 4. The Labute approximate surface area is 167 Å². The van der Waals surface area contributed by atoms with E-state index >= 15 is 0 Å². The second kappa shape index (κ2) is 9.41. The van der Waals surface area contributed by atoms with Crippen LogP contribution in [-0.4, -0.2) is 37.0 Å². The summed E-state index contributed by atoms with van der Waals surface area (Å²) in [5.41, 5.74) is 1.53. The molecule has 0 saturated carbocycles. The van der Waals surface area contributed by atoms with Crippen LogP contribution in [0.25, 0.3) is 0 Å². The van der Waals surface area contributed by atoms with Crippen LogP contribution in [0.5, 0.6) is 5.75 Å². The van der Waals surface area contributed by atoms with Crippen molar-refractivity contribution in [1.82, 2.24) is 5.32 Å². The van der Waals surface area contributed by atoms with E-state index in [0.29, 0.717) is 12.1 Å². The van der Waals surface area contributed by atoms with Crippen LogP contribution in [0.1, 0.15) is 31.1 Å². The van der Waals surface area contributed by atoms with Gasteiger partial charge in [0, 0.05) is 12.1 Å². The summed E-state index contributed by atoms with van der Waals surface area (Å²) in [6.07, 6.45) is 0.964. The summed E-state index contributed by atoms with van der Waals surface area (Å²) in [7, 11) is -3.52. The first-order chi connectivity index (χ1) is 12.1. The van der Waals surface area contributed by atoms with Crippen molar-refractivity contribution in [3.05, 3.63) is 59.7 Å². The third-order valence-corrected chi connectivity index (χ3v) is 4.55. The summed E-state index contributed by atoms with van der Waals surface area (Å²) >= 11 is 0. The summed E-state index contributed by atoms with van der Waals surface area (Å²) in [4.78, 5) is 0. The van der Waals surface area contributed by atoms with E-state index in [9.17, 15) is 18.6 Å². The molecule has 1 unspecified atom stereocenters. The van der Waals surface area contributed by atoms with Gasteiger partial charge in [0.15, 0.2) is 0 Å². The minimum Gasteiger partial charge on any atom is -0.506 e. The van der Waals surface area contributed by atoms with Crippen LogP contribution in [0, 0.1) is 0 Å². The van der Waals surface area contributed by atoms with Crippen molar-refractivity contribution >= 4 is 28.1 Å². The van der Waals surface area contributed by atoms with Crippen LogP contribution in [-0.2, 0) is 16.4 Å². The minimum atomic E-state index is -3.52. The number of phenolic OH excluding ortho intramolecular Hbond substituents is 1. The van der Waals surface area contributed by atoms with Crippen molar-refractivity contribution in [3.8, 4) is 5.75 Å². The Morgan fingerprint density at radius 1 is 1.11 bits per heavy atom. The molecule has 0 bridgehead atoms. The largest absolute Gasteiger partial charge is 0.506 e. The van der Waals surface area contributed by atoms with Gasteiger partial charge in [0.25, 0.3) is 0 Å². The summed E-state index contributed by atoms with van der Waals surface area (Å²) in [6.45, 7) is 4.41. The van der Waals surface area contributed by atoms with Crippen molar-refractivity contribution in [2.24, 2.45) is 0 Å². The lowest BCUT2D eigenvalue weighted by Crippen LogP contribution is -2.43. The standard InChI is InChI=1S/C19H26N2O4S.ClH/c1-19(2,12-14-7-5-4-6-8-14)20-13-18(23)15-9-10-17(22)16(11-15)21-26(3,24)25;/h4-11,18,20-23H,12-13H2,1-3H3;1H. The SMILES string of the molecule is CC(C)(Cc1ccccc1)NCC(O)c1ccc(O)c(NS(C)(=O)=O)c1.Cl. The number of halogens is 1. The summed E-state index contributed by atoms with van der Waals surface area (Å²) in [5.74, 6) is -0.191. The van der Waals surface area contributed by atoms with E-state index in [4.69, 9.17) is 0 Å². The molecule has 2 aromatic carbocycles. The molecule has 2 rings (SSSR count). The molecule has 0 fully saturated rings. The first-order valence-electron chi connectivity index (χ1n) is 8.33. The molecular formula is C19H27ClN2O4S. The third-order valence-electron chi connectivity index (χ3n) is 3.96. The first-order valence-corrected chi connectivity index (χ1v) is 10.2. The second-order valence-corrected chi connectivity index (χ2v) is 8.84. The van der Waals surface area contributed by atoms with E-state index in [1.54, 1.807) is 6.07 Å². The lowest BCUT2D eigenvalue weighted by molar-refractivity contribution is 0.160. The van der Waals surface area contributed by atoms with Gasteiger partial charge in [-0.1, -0.05) is 36.4 Å². The quantitative estimate of drug-likeness (QED) is 0.498. The van der Waals surface area contributed by atoms with Crippen molar-refractivity contribution in [2.45, 2.75) is 31.9 Å². The molecule has 8 heteroatoms. The minimum absolute atomic E-state index is 0. The number of anilines is 1. The zero-order valence-corrected chi connectivity index (χ0v) is 17.3. The third kappa shape index (κ3) is 7.76. The molecule has 1 atom stereocenters. The fraction of sp³-hybridized carbons (Fsp3) is 0.368. The Morgan fingerprint density at radius 3 is 2.33 bits per heavy atom. The monoisotopic (exact) mass is 414 g/mol. The number of hydrogen-bond acceptors (Lipinski definition) is 5. The Kier molecular flexibility index (Phi) is 8.10. The van der Waals surface area contributed by atoms with Crippen LogP contribution in [0.4, 0.5) is 5.69 Å². The molecule has 0 aliphatic heterocycles. The highest BCUT2D eigenvalue weighted by Crippen LogP contribution is 2.28. The van der Waals surface area contributed by atoms with Gasteiger partial charge in [-0.15, -0.1) is 12.4 Å². The fourth-order valence-corrected chi connectivity index (χ4v) is 3.26. The second-order valence-electron chi connectivity index (χ2n) is 7.09. The predicted octanol–water partition coefficient (Wildman–Crippen LogP) is 2.83. The maximum Gasteiger partial charge on any atom is 0.229 e. The molecule has 150 valence electrons. The molecule has 0 amide bonds. The predicted molar refractivity (Wildman–Crippen MR) is 111 cm³/mol. The number of rotatable bonds is 8. The summed E-state index contributed by atoms with van der Waals surface area (Å²) < 4.78 is 25.0. The molecule has 0 aromatic heterocycles. The number of benzene rings is 2. The maximum atomic E-state index is 11.4. The van der Waals surface area contributed by atoms with E-state index in [1.165, 1.54) is 17.7 Å². The lowest BCUT2D eigenvalue weighted by atomic mass is 9.94. The van der Waals surface area contributed by atoms with Gasteiger partial charge in [-0.3, -0.25) is 4.72 Å². The average molecular weight is 415 g/mol. The molecule has 0 aliphatic rings. The van der Waals surface area contributed by atoms with Gasteiger partial charge < -0.3 is 15.5 Å². The van der Waals surface area contributed by atoms with E-state index in [1.807, 2.05) is 18.2 Å². The summed E-state index contributed by atoms with van der Waals surface area (Å²) in [5, 5.41) is 23.6. The topological polar surface area (TPSA) is 98.7 Å². The molecule has 0 aliphatic carbocycles. The molecule has 6 nitrogen and oxygen atoms in total. The van der Waals surface area contributed by atoms with Crippen molar-refractivity contribution < 1.29 is 18.6 Å². The highest BCUT2D eigenvalue weighted by Gasteiger charge is 2.20. The van der Waals surface area contributed by atoms with E-state index in [2.05, 4.69) is 36.0 Å². The number of phenols is 1. The van der Waals surface area contributed by atoms with Crippen molar-refractivity contribution in [1.29, 1.82) is 0 Å². The lowest BCUT2D eigenvalue weighted by Gasteiger charge is -2.28. The van der Waals surface area contributed by atoms with Gasteiger partial charge in [0.1, 0.15) is 5.75 Å². The zero-order chi connectivity index (χ0) is 19.4. The Morgan fingerprint density at radius 2 is 1.74 bits per heavy atom. The van der Waals surface area contributed by atoms with Crippen LogP contribution >= 0.6 is 12.4 Å². The molecule has 2 aromatic rings. The van der Waals surface area contributed by atoms with Crippen LogP contribution in [0.3, 0.4) is 0 Å². The van der Waals surface area contributed by atoms with Crippen molar-refractivity contribution in [2.75, 3.05) is 17.5 Å². The highest BCUT2D eigenvalue weighted by atomic mass is 35.5. The smallest absolute Gasteiger partial charge is 0.229 e. The highest BCUT2D eigenvalue weighted by molar-refractivity contribution is 7.92. The van der Waals surface area contributed by atoms with E-state index < -0.39 is 16.1 Å². The molecule has 0 spiro atoms. The van der Waals surface area contributed by atoms with E-state index in [0.717, 1.165) is 12.7 Å². The molecule has 0 saturated heterocycles. The maximum absolute atomic E-state index is 11.4. The van der Waals surface area contributed by atoms with E-state index in [-0.39, 0.29) is 29.4 Å². The van der Waals surface area contributed by atoms with Gasteiger partial charge in [-0.25, -0.2) is 8.42 Å². The Bertz CT molecular complexity index is 842. The number of aromatic hydroxyl groups is 1. The van der Waals surface area contributed by atoms with Gasteiger partial charge in [0.05, 0.1) is 18.0 Å². The fourth-order valence-electron chi connectivity index (χ4n) is 2.70. The molecule has 4 N–H and O–H groups in total. The van der Waals surface area contributed by atoms with Gasteiger partial charge in [-0.05, 0) is 43.5 Å². The van der Waals surface area contributed by atoms with Gasteiger partial charge >= 0.3 is 0 Å². The Balaban J connectivity index is 0.00000364. The molecular weight excluding hydrogens is 388 g/mol. The normalized spacial score (nSPS) is 12.9. The van der Waals surface area contributed by atoms with Crippen LogP contribution in [0.15, 0.2) is 48.5 Å². The Hall–Kier alpha value is -1.80. The molecule has 27 heavy (non-hydrogen) atoms. The van der Waals surface area contributed by atoms with Crippen LogP contribution in [0.2, 0.25) is 0 Å². The first kappa shape index (κ1) is 23.2. The molecule has 0 heterocycles. The number of β-amino-alcohol motifs (C(OH)–C–C–N with tert-alkyl or cyclic N) is 1. The average Bonchev–Trinajstić information content (AvgIpc) is 2.54. The van der Waals surface area contributed by atoms with Crippen molar-refractivity contribution in [3.63, 3.8) is 0 Å². The number of nitrogens with one attached hydrogen (secondary N) is 2. The van der Waals surface area contributed by atoms with Crippen LogP contribution < -0.4 is 10.0 Å². The zero-order valence-electron chi connectivity index (χ0n) is 15.6. The number of sulfonamides is 1.